The van der Waals surface area contributed by atoms with E-state index >= 15 is 0 Å². The summed E-state index contributed by atoms with van der Waals surface area (Å²) in [5.74, 6) is -1.18. The molecule has 0 unspecified atom stereocenters. The number of rotatable bonds is 3. The van der Waals surface area contributed by atoms with Crippen molar-refractivity contribution in [1.82, 2.24) is 9.78 Å². The van der Waals surface area contributed by atoms with Crippen LogP contribution >= 0.6 is 0 Å². The molecule has 1 aromatic carbocycles. The summed E-state index contributed by atoms with van der Waals surface area (Å²) in [6.07, 6.45) is 1.82. The third-order valence-corrected chi connectivity index (χ3v) is 2.53. The fraction of sp³-hybridized carbons (Fsp3) is 0.250. The molecule has 0 saturated heterocycles. The SMILES string of the molecule is Cc1nn(C)cc1CNc1c(F)cccc1F. The monoisotopic (exact) mass is 237 g/mol. The maximum atomic E-state index is 13.3. The average Bonchev–Trinajstić information content (AvgIpc) is 2.57. The molecular weight excluding hydrogens is 224 g/mol. The highest BCUT2D eigenvalue weighted by Crippen LogP contribution is 2.19. The van der Waals surface area contributed by atoms with E-state index in [1.165, 1.54) is 18.2 Å². The van der Waals surface area contributed by atoms with Crippen LogP contribution in [0.15, 0.2) is 24.4 Å². The van der Waals surface area contributed by atoms with Crippen LogP contribution in [0.5, 0.6) is 0 Å². The fourth-order valence-corrected chi connectivity index (χ4v) is 1.67. The van der Waals surface area contributed by atoms with Gasteiger partial charge >= 0.3 is 0 Å². The van der Waals surface area contributed by atoms with Gasteiger partial charge in [-0.15, -0.1) is 0 Å². The van der Waals surface area contributed by atoms with Crippen molar-refractivity contribution in [2.75, 3.05) is 5.32 Å². The largest absolute Gasteiger partial charge is 0.376 e. The van der Waals surface area contributed by atoms with Crippen molar-refractivity contribution < 1.29 is 8.78 Å². The highest BCUT2D eigenvalue weighted by atomic mass is 19.1. The Hall–Kier alpha value is -1.91. The summed E-state index contributed by atoms with van der Waals surface area (Å²) >= 11 is 0. The van der Waals surface area contributed by atoms with Crippen LogP contribution in [0.1, 0.15) is 11.3 Å². The molecule has 90 valence electrons. The smallest absolute Gasteiger partial charge is 0.149 e. The molecule has 0 atom stereocenters. The first-order valence-corrected chi connectivity index (χ1v) is 5.25. The number of aryl methyl sites for hydroxylation is 2. The van der Waals surface area contributed by atoms with Gasteiger partial charge in [-0.05, 0) is 19.1 Å². The summed E-state index contributed by atoms with van der Waals surface area (Å²) in [7, 11) is 1.81. The lowest BCUT2D eigenvalue weighted by atomic mass is 10.2. The number of hydrogen-bond acceptors (Lipinski definition) is 2. The number of hydrogen-bond donors (Lipinski definition) is 1. The zero-order chi connectivity index (χ0) is 12.4. The molecule has 1 N–H and O–H groups in total. The van der Waals surface area contributed by atoms with Gasteiger partial charge < -0.3 is 5.32 Å². The molecule has 5 heteroatoms. The molecule has 17 heavy (non-hydrogen) atoms. The minimum absolute atomic E-state index is 0.101. The Morgan fingerprint density at radius 3 is 2.47 bits per heavy atom. The second-order valence-electron chi connectivity index (χ2n) is 3.86. The molecule has 0 radical (unpaired) electrons. The van der Waals surface area contributed by atoms with Crippen molar-refractivity contribution in [2.24, 2.45) is 7.05 Å². The van der Waals surface area contributed by atoms with E-state index in [1.54, 1.807) is 11.7 Å². The molecule has 1 aromatic heterocycles. The van der Waals surface area contributed by atoms with E-state index in [0.29, 0.717) is 6.54 Å². The normalized spacial score (nSPS) is 10.6. The maximum absolute atomic E-state index is 13.3. The summed E-state index contributed by atoms with van der Waals surface area (Å²) in [4.78, 5) is 0. The topological polar surface area (TPSA) is 29.9 Å². The number of anilines is 1. The van der Waals surface area contributed by atoms with Gasteiger partial charge in [0.2, 0.25) is 0 Å². The van der Waals surface area contributed by atoms with Crippen LogP contribution in [0.2, 0.25) is 0 Å². The summed E-state index contributed by atoms with van der Waals surface area (Å²) in [6.45, 7) is 2.20. The predicted octanol–water partition coefficient (Wildman–Crippen LogP) is 2.62. The first-order valence-electron chi connectivity index (χ1n) is 5.25. The van der Waals surface area contributed by atoms with Gasteiger partial charge in [-0.1, -0.05) is 6.07 Å². The number of aromatic nitrogens is 2. The first kappa shape index (κ1) is 11.6. The van der Waals surface area contributed by atoms with E-state index in [2.05, 4.69) is 10.4 Å². The van der Waals surface area contributed by atoms with Gasteiger partial charge in [0.1, 0.15) is 17.3 Å². The van der Waals surface area contributed by atoms with Gasteiger partial charge in [-0.3, -0.25) is 4.68 Å². The average molecular weight is 237 g/mol. The van der Waals surface area contributed by atoms with Crippen LogP contribution in [0.4, 0.5) is 14.5 Å². The first-order chi connectivity index (χ1) is 8.08. The van der Waals surface area contributed by atoms with Gasteiger partial charge in [-0.25, -0.2) is 8.78 Å². The Morgan fingerprint density at radius 1 is 1.29 bits per heavy atom. The van der Waals surface area contributed by atoms with Crippen molar-refractivity contribution in [1.29, 1.82) is 0 Å². The molecule has 3 nitrogen and oxygen atoms in total. The summed E-state index contributed by atoms with van der Waals surface area (Å²) in [6, 6.07) is 3.79. The van der Waals surface area contributed by atoms with E-state index in [9.17, 15) is 8.78 Å². The van der Waals surface area contributed by atoms with E-state index < -0.39 is 11.6 Å². The summed E-state index contributed by atoms with van der Waals surface area (Å²) in [5.41, 5.74) is 1.66. The van der Waals surface area contributed by atoms with Crippen molar-refractivity contribution in [3.8, 4) is 0 Å². The zero-order valence-corrected chi connectivity index (χ0v) is 9.67. The van der Waals surface area contributed by atoms with Gasteiger partial charge in [0, 0.05) is 25.4 Å². The molecule has 0 fully saturated rings. The Morgan fingerprint density at radius 2 is 1.94 bits per heavy atom. The van der Waals surface area contributed by atoms with Gasteiger partial charge in [0.25, 0.3) is 0 Å². The molecular formula is C12H13F2N3. The molecule has 0 aliphatic heterocycles. The zero-order valence-electron chi connectivity index (χ0n) is 9.67. The highest BCUT2D eigenvalue weighted by Gasteiger charge is 2.09. The molecule has 0 spiro atoms. The number of nitrogens with one attached hydrogen (secondary N) is 1. The van der Waals surface area contributed by atoms with Crippen LogP contribution < -0.4 is 5.32 Å². The van der Waals surface area contributed by atoms with E-state index in [4.69, 9.17) is 0 Å². The van der Waals surface area contributed by atoms with Gasteiger partial charge in [-0.2, -0.15) is 5.10 Å². The standard InChI is InChI=1S/C12H13F2N3/c1-8-9(7-17(2)16-8)6-15-12-10(13)4-3-5-11(12)14/h3-5,7,15H,6H2,1-2H3. The maximum Gasteiger partial charge on any atom is 0.149 e. The fourth-order valence-electron chi connectivity index (χ4n) is 1.67. The Kier molecular flexibility index (Phi) is 3.08. The van der Waals surface area contributed by atoms with E-state index in [1.807, 2.05) is 13.1 Å². The lowest BCUT2D eigenvalue weighted by Gasteiger charge is -2.07. The van der Waals surface area contributed by atoms with Crippen LogP contribution in [0.25, 0.3) is 0 Å². The molecule has 2 rings (SSSR count). The molecule has 0 saturated carbocycles. The van der Waals surface area contributed by atoms with Crippen LogP contribution in [0.3, 0.4) is 0 Å². The van der Waals surface area contributed by atoms with Crippen LogP contribution in [0, 0.1) is 18.6 Å². The van der Waals surface area contributed by atoms with Crippen LogP contribution in [-0.2, 0) is 13.6 Å². The van der Waals surface area contributed by atoms with E-state index in [-0.39, 0.29) is 5.69 Å². The lowest BCUT2D eigenvalue weighted by molar-refractivity contribution is 0.588. The molecule has 0 aliphatic carbocycles. The highest BCUT2D eigenvalue weighted by molar-refractivity contribution is 5.46. The minimum Gasteiger partial charge on any atom is -0.376 e. The van der Waals surface area contributed by atoms with Gasteiger partial charge in [0.15, 0.2) is 0 Å². The van der Waals surface area contributed by atoms with Crippen LogP contribution in [-0.4, -0.2) is 9.78 Å². The molecule has 0 bridgehead atoms. The number of halogens is 2. The minimum atomic E-state index is -0.591. The summed E-state index contributed by atoms with van der Waals surface area (Å²) in [5, 5.41) is 6.91. The number of nitrogens with zero attached hydrogens (tertiary/aromatic N) is 2. The Balaban J connectivity index is 2.15. The lowest BCUT2D eigenvalue weighted by Crippen LogP contribution is -2.04. The van der Waals surface area contributed by atoms with Crippen molar-refractivity contribution in [3.05, 3.63) is 47.3 Å². The predicted molar refractivity (Wildman–Crippen MR) is 61.6 cm³/mol. The van der Waals surface area contributed by atoms with E-state index in [0.717, 1.165) is 11.3 Å². The van der Waals surface area contributed by atoms with Crippen molar-refractivity contribution >= 4 is 5.69 Å². The second kappa shape index (κ2) is 4.53. The second-order valence-corrected chi connectivity index (χ2v) is 3.86. The third kappa shape index (κ3) is 2.43. The number of benzene rings is 1. The molecule has 0 amide bonds. The van der Waals surface area contributed by atoms with Crippen molar-refractivity contribution in [3.63, 3.8) is 0 Å². The Bertz CT molecular complexity index is 514. The van der Waals surface area contributed by atoms with Crippen molar-refractivity contribution in [2.45, 2.75) is 13.5 Å². The molecule has 1 heterocycles. The van der Waals surface area contributed by atoms with Gasteiger partial charge in [0.05, 0.1) is 5.69 Å². The number of para-hydroxylation sites is 1. The third-order valence-electron chi connectivity index (χ3n) is 2.53. The Labute approximate surface area is 98.1 Å². The molecule has 2 aromatic rings. The quantitative estimate of drug-likeness (QED) is 0.889. The summed E-state index contributed by atoms with van der Waals surface area (Å²) < 4.78 is 28.3. The molecule has 0 aliphatic rings.